The summed E-state index contributed by atoms with van der Waals surface area (Å²) in [6.07, 6.45) is 1.53. The zero-order valence-corrected chi connectivity index (χ0v) is 17.2. The molecule has 2 aromatic carbocycles. The predicted molar refractivity (Wildman–Crippen MR) is 110 cm³/mol. The van der Waals surface area contributed by atoms with Gasteiger partial charge in [0.15, 0.2) is 18.1 Å². The second-order valence-corrected chi connectivity index (χ2v) is 6.60. The molecule has 8 heteroatoms. The molecular weight excluding hydrogens is 471 g/mol. The highest BCUT2D eigenvalue weighted by molar-refractivity contribution is 14.1. The van der Waals surface area contributed by atoms with E-state index in [0.29, 0.717) is 28.9 Å². The first-order chi connectivity index (χ1) is 12.5. The van der Waals surface area contributed by atoms with Gasteiger partial charge in [-0.05, 0) is 71.5 Å². The van der Waals surface area contributed by atoms with Crippen LogP contribution in [0.15, 0.2) is 41.5 Å². The summed E-state index contributed by atoms with van der Waals surface area (Å²) in [5.41, 5.74) is 3.19. The number of carbonyl (C=O) groups excluding carboxylic acids is 1. The topological polar surface area (TPSA) is 69.2 Å². The Morgan fingerprint density at radius 1 is 1.27 bits per heavy atom. The highest BCUT2D eigenvalue weighted by Gasteiger charge is 2.10. The zero-order chi connectivity index (χ0) is 18.9. The highest BCUT2D eigenvalue weighted by Crippen LogP contribution is 2.33. The summed E-state index contributed by atoms with van der Waals surface area (Å²) in [6, 6.07) is 10.4. The average Bonchev–Trinajstić information content (AvgIpc) is 2.63. The van der Waals surface area contributed by atoms with Gasteiger partial charge in [-0.2, -0.15) is 5.10 Å². The van der Waals surface area contributed by atoms with Gasteiger partial charge in [0.2, 0.25) is 0 Å². The molecule has 0 heterocycles. The second-order valence-electron chi connectivity index (χ2n) is 5.00. The molecule has 0 spiro atoms. The van der Waals surface area contributed by atoms with Gasteiger partial charge in [-0.25, -0.2) is 5.43 Å². The monoisotopic (exact) mass is 488 g/mol. The molecule has 26 heavy (non-hydrogen) atoms. The Morgan fingerprint density at radius 3 is 2.65 bits per heavy atom. The van der Waals surface area contributed by atoms with Crippen LogP contribution in [-0.2, 0) is 4.79 Å². The molecule has 6 nitrogen and oxygen atoms in total. The van der Waals surface area contributed by atoms with Crippen molar-refractivity contribution >= 4 is 46.3 Å². The number of nitrogens with zero attached hydrogens (tertiary/aromatic N) is 1. The number of benzene rings is 2. The summed E-state index contributed by atoms with van der Waals surface area (Å²) in [7, 11) is 1.57. The predicted octanol–water partition coefficient (Wildman–Crippen LogP) is 3.88. The van der Waals surface area contributed by atoms with Gasteiger partial charge in [-0.1, -0.05) is 11.6 Å². The lowest BCUT2D eigenvalue weighted by molar-refractivity contribution is -0.123. The first kappa shape index (κ1) is 20.3. The van der Waals surface area contributed by atoms with E-state index in [-0.39, 0.29) is 12.5 Å². The SMILES string of the molecule is CCOc1c(I)cc(C=NNC(=O)COc2ccc(Cl)cc2)cc1OC. The molecule has 0 saturated carbocycles. The number of carbonyl (C=O) groups is 1. The van der Waals surface area contributed by atoms with E-state index < -0.39 is 0 Å². The second kappa shape index (κ2) is 10.2. The summed E-state index contributed by atoms with van der Waals surface area (Å²) < 4.78 is 17.1. The van der Waals surface area contributed by atoms with Gasteiger partial charge >= 0.3 is 0 Å². The normalized spacial score (nSPS) is 10.6. The molecular formula is C18H18ClIN2O4. The minimum Gasteiger partial charge on any atom is -0.493 e. The van der Waals surface area contributed by atoms with E-state index in [2.05, 4.69) is 33.1 Å². The molecule has 0 unspecified atom stereocenters. The number of halogens is 2. The molecule has 0 atom stereocenters. The molecule has 0 bridgehead atoms. The summed E-state index contributed by atoms with van der Waals surface area (Å²) in [6.45, 7) is 2.30. The van der Waals surface area contributed by atoms with Gasteiger partial charge in [0, 0.05) is 5.02 Å². The Bertz CT molecular complexity index is 782. The van der Waals surface area contributed by atoms with E-state index in [0.717, 1.165) is 9.13 Å². The third-order valence-electron chi connectivity index (χ3n) is 3.13. The van der Waals surface area contributed by atoms with Gasteiger partial charge in [0.1, 0.15) is 5.75 Å². The van der Waals surface area contributed by atoms with Crippen LogP contribution in [0.1, 0.15) is 12.5 Å². The maximum Gasteiger partial charge on any atom is 0.277 e. The quantitative estimate of drug-likeness (QED) is 0.348. The highest BCUT2D eigenvalue weighted by atomic mass is 127. The van der Waals surface area contributed by atoms with Crippen molar-refractivity contribution < 1.29 is 19.0 Å². The van der Waals surface area contributed by atoms with Gasteiger partial charge in [0.25, 0.3) is 5.91 Å². The summed E-state index contributed by atoms with van der Waals surface area (Å²) >= 11 is 7.95. The van der Waals surface area contributed by atoms with E-state index in [9.17, 15) is 4.79 Å². The maximum atomic E-state index is 11.8. The van der Waals surface area contributed by atoms with Crippen LogP contribution in [0.4, 0.5) is 0 Å². The molecule has 0 radical (unpaired) electrons. The number of ether oxygens (including phenoxy) is 3. The third-order valence-corrected chi connectivity index (χ3v) is 4.18. The fourth-order valence-corrected chi connectivity index (χ4v) is 2.90. The van der Waals surface area contributed by atoms with Crippen molar-refractivity contribution in [2.45, 2.75) is 6.92 Å². The minimum absolute atomic E-state index is 0.150. The number of nitrogens with one attached hydrogen (secondary N) is 1. The average molecular weight is 489 g/mol. The Morgan fingerprint density at radius 2 is 2.00 bits per heavy atom. The molecule has 138 valence electrons. The van der Waals surface area contributed by atoms with Crippen LogP contribution in [0.25, 0.3) is 0 Å². The van der Waals surface area contributed by atoms with Crippen molar-refractivity contribution in [2.24, 2.45) is 5.10 Å². The van der Waals surface area contributed by atoms with E-state index in [1.807, 2.05) is 13.0 Å². The molecule has 1 amide bonds. The van der Waals surface area contributed by atoms with Gasteiger partial charge < -0.3 is 14.2 Å². The van der Waals surface area contributed by atoms with Crippen LogP contribution in [0.5, 0.6) is 17.2 Å². The van der Waals surface area contributed by atoms with E-state index in [4.69, 9.17) is 25.8 Å². The van der Waals surface area contributed by atoms with Crippen molar-refractivity contribution in [2.75, 3.05) is 20.3 Å². The van der Waals surface area contributed by atoms with Crippen molar-refractivity contribution in [3.05, 3.63) is 50.6 Å². The first-order valence-electron chi connectivity index (χ1n) is 7.74. The fraction of sp³-hybridized carbons (Fsp3) is 0.222. The fourth-order valence-electron chi connectivity index (χ4n) is 1.99. The molecule has 0 aliphatic heterocycles. The van der Waals surface area contributed by atoms with Crippen LogP contribution >= 0.6 is 34.2 Å². The standard InChI is InChI=1S/C18H18ClIN2O4/c1-3-25-18-15(20)8-12(9-16(18)24-2)10-21-22-17(23)11-26-14-6-4-13(19)5-7-14/h4-10H,3,11H2,1-2H3,(H,22,23). The van der Waals surface area contributed by atoms with Crippen LogP contribution in [0.2, 0.25) is 5.02 Å². The number of hydrogen-bond acceptors (Lipinski definition) is 5. The molecule has 0 saturated heterocycles. The maximum absolute atomic E-state index is 11.8. The molecule has 1 N–H and O–H groups in total. The van der Waals surface area contributed by atoms with Crippen molar-refractivity contribution in [1.29, 1.82) is 0 Å². The van der Waals surface area contributed by atoms with Crippen molar-refractivity contribution in [3.63, 3.8) is 0 Å². The number of hydrazone groups is 1. The van der Waals surface area contributed by atoms with Crippen LogP contribution in [0.3, 0.4) is 0 Å². The summed E-state index contributed by atoms with van der Waals surface area (Å²) in [5, 5.41) is 4.54. The van der Waals surface area contributed by atoms with Crippen molar-refractivity contribution in [1.82, 2.24) is 5.43 Å². The van der Waals surface area contributed by atoms with Gasteiger partial charge in [-0.3, -0.25) is 4.79 Å². The Kier molecular flexibility index (Phi) is 7.99. The number of rotatable bonds is 8. The number of methoxy groups -OCH3 is 1. The Hall–Kier alpha value is -2.00. The molecule has 2 rings (SSSR count). The first-order valence-corrected chi connectivity index (χ1v) is 9.19. The van der Waals surface area contributed by atoms with Crippen molar-refractivity contribution in [3.8, 4) is 17.2 Å². The smallest absolute Gasteiger partial charge is 0.277 e. The Labute approximate surface area is 170 Å². The molecule has 0 aliphatic rings. The molecule has 0 aliphatic carbocycles. The molecule has 0 aromatic heterocycles. The van der Waals surface area contributed by atoms with Gasteiger partial charge in [-0.15, -0.1) is 0 Å². The summed E-state index contributed by atoms with van der Waals surface area (Å²) in [5.74, 6) is 1.48. The lowest BCUT2D eigenvalue weighted by atomic mass is 10.2. The summed E-state index contributed by atoms with van der Waals surface area (Å²) in [4.78, 5) is 11.8. The minimum atomic E-state index is -0.371. The van der Waals surface area contributed by atoms with Crippen LogP contribution in [-0.4, -0.2) is 32.4 Å². The van der Waals surface area contributed by atoms with E-state index >= 15 is 0 Å². The molecule has 2 aromatic rings. The third kappa shape index (κ3) is 6.06. The van der Waals surface area contributed by atoms with Crippen LogP contribution in [0, 0.1) is 3.57 Å². The van der Waals surface area contributed by atoms with E-state index in [1.54, 1.807) is 37.4 Å². The van der Waals surface area contributed by atoms with Gasteiger partial charge in [0.05, 0.1) is 23.5 Å². The number of hydrogen-bond donors (Lipinski definition) is 1. The van der Waals surface area contributed by atoms with Crippen LogP contribution < -0.4 is 19.6 Å². The van der Waals surface area contributed by atoms with E-state index in [1.165, 1.54) is 6.21 Å². The Balaban J connectivity index is 1.91. The lowest BCUT2D eigenvalue weighted by Crippen LogP contribution is -2.24. The zero-order valence-electron chi connectivity index (χ0n) is 14.3. The number of amides is 1. The largest absolute Gasteiger partial charge is 0.493 e. The molecule has 0 fully saturated rings. The lowest BCUT2D eigenvalue weighted by Gasteiger charge is -2.12.